The third-order valence-corrected chi connectivity index (χ3v) is 5.17. The van der Waals surface area contributed by atoms with E-state index in [0.717, 1.165) is 42.8 Å². The fourth-order valence-corrected chi connectivity index (χ4v) is 3.78. The van der Waals surface area contributed by atoms with Crippen LogP contribution in [0.3, 0.4) is 0 Å². The molecule has 1 unspecified atom stereocenters. The van der Waals surface area contributed by atoms with Crippen molar-refractivity contribution in [1.82, 2.24) is 24.5 Å². The summed E-state index contributed by atoms with van der Waals surface area (Å²) >= 11 is 0. The van der Waals surface area contributed by atoms with E-state index in [1.54, 1.807) is 6.20 Å². The molecule has 6 heteroatoms. The number of hydrogen-bond donors (Lipinski definition) is 0. The molecule has 0 N–H and O–H groups in total. The maximum atomic E-state index is 13.3. The Bertz CT molecular complexity index is 869. The standard InChI is InChI=1S/C20H23N5O/c1-23-18(16-7-3-2-4-8-16)10-11-19(23)20(26)25-13-6-5-9-17(25)15-24-14-12-21-22-24/h2-4,7-8,10-12,14,17H,5-6,9,13,15H2,1H3. The molecule has 0 spiro atoms. The van der Waals surface area contributed by atoms with Crippen molar-refractivity contribution in [3.63, 3.8) is 0 Å². The highest BCUT2D eigenvalue weighted by Crippen LogP contribution is 2.25. The molecule has 2 aromatic heterocycles. The van der Waals surface area contributed by atoms with Crippen LogP contribution in [-0.2, 0) is 13.6 Å². The number of hydrogen-bond acceptors (Lipinski definition) is 3. The van der Waals surface area contributed by atoms with Crippen LogP contribution >= 0.6 is 0 Å². The first-order valence-electron chi connectivity index (χ1n) is 9.10. The Kier molecular flexibility index (Phi) is 4.56. The number of likely N-dealkylation sites (tertiary alicyclic amines) is 1. The highest BCUT2D eigenvalue weighted by molar-refractivity contribution is 5.94. The van der Waals surface area contributed by atoms with Crippen molar-refractivity contribution in [3.8, 4) is 11.3 Å². The lowest BCUT2D eigenvalue weighted by Gasteiger charge is -2.35. The van der Waals surface area contributed by atoms with E-state index in [4.69, 9.17) is 0 Å². The second kappa shape index (κ2) is 7.15. The summed E-state index contributed by atoms with van der Waals surface area (Å²) in [4.78, 5) is 15.3. The summed E-state index contributed by atoms with van der Waals surface area (Å²) in [5, 5.41) is 7.93. The maximum Gasteiger partial charge on any atom is 0.270 e. The zero-order valence-electron chi connectivity index (χ0n) is 15.0. The first-order chi connectivity index (χ1) is 12.7. The maximum absolute atomic E-state index is 13.3. The average Bonchev–Trinajstić information content (AvgIpc) is 3.32. The molecule has 134 valence electrons. The molecule has 1 fully saturated rings. The average molecular weight is 349 g/mol. The van der Waals surface area contributed by atoms with Crippen molar-refractivity contribution in [2.75, 3.05) is 6.54 Å². The Morgan fingerprint density at radius 3 is 2.77 bits per heavy atom. The largest absolute Gasteiger partial charge is 0.340 e. The highest BCUT2D eigenvalue weighted by Gasteiger charge is 2.29. The summed E-state index contributed by atoms with van der Waals surface area (Å²) < 4.78 is 3.81. The minimum absolute atomic E-state index is 0.0968. The van der Waals surface area contributed by atoms with Crippen LogP contribution in [0.15, 0.2) is 54.9 Å². The van der Waals surface area contributed by atoms with Crippen LogP contribution in [0.4, 0.5) is 0 Å². The number of carbonyl (C=O) groups excluding carboxylic acids is 1. The van der Waals surface area contributed by atoms with Crippen molar-refractivity contribution in [1.29, 1.82) is 0 Å². The molecule has 1 aliphatic heterocycles. The number of nitrogens with zero attached hydrogens (tertiary/aromatic N) is 5. The number of amides is 1. The van der Waals surface area contributed by atoms with Gasteiger partial charge in [0, 0.05) is 25.5 Å². The quantitative estimate of drug-likeness (QED) is 0.728. The molecule has 0 saturated carbocycles. The SMILES string of the molecule is Cn1c(C(=O)N2CCCCC2Cn2ccnn2)ccc1-c1ccccc1. The van der Waals surface area contributed by atoms with E-state index in [1.165, 1.54) is 0 Å². The normalized spacial score (nSPS) is 17.4. The molecular formula is C20H23N5O. The van der Waals surface area contributed by atoms with Crippen LogP contribution in [0.2, 0.25) is 0 Å². The van der Waals surface area contributed by atoms with Crippen LogP contribution in [0, 0.1) is 0 Å². The van der Waals surface area contributed by atoms with E-state index >= 15 is 0 Å². The topological polar surface area (TPSA) is 56.0 Å². The van der Waals surface area contributed by atoms with Crippen LogP contribution in [0.25, 0.3) is 11.3 Å². The van der Waals surface area contributed by atoms with Gasteiger partial charge in [-0.2, -0.15) is 0 Å². The molecular weight excluding hydrogens is 326 g/mol. The van der Waals surface area contributed by atoms with E-state index in [2.05, 4.69) is 22.4 Å². The smallest absolute Gasteiger partial charge is 0.270 e. The van der Waals surface area contributed by atoms with Gasteiger partial charge in [-0.3, -0.25) is 9.48 Å². The van der Waals surface area contributed by atoms with Gasteiger partial charge in [0.25, 0.3) is 5.91 Å². The van der Waals surface area contributed by atoms with Gasteiger partial charge in [-0.15, -0.1) is 5.10 Å². The molecule has 0 bridgehead atoms. The van der Waals surface area contributed by atoms with Crippen LogP contribution in [0.5, 0.6) is 0 Å². The summed E-state index contributed by atoms with van der Waals surface area (Å²) in [6.45, 7) is 1.49. The Labute approximate surface area is 153 Å². The summed E-state index contributed by atoms with van der Waals surface area (Å²) in [5.41, 5.74) is 2.90. The lowest BCUT2D eigenvalue weighted by molar-refractivity contribution is 0.0573. The van der Waals surface area contributed by atoms with Crippen molar-refractivity contribution in [3.05, 3.63) is 60.6 Å². The van der Waals surface area contributed by atoms with Crippen LogP contribution in [-0.4, -0.2) is 43.0 Å². The van der Waals surface area contributed by atoms with E-state index in [9.17, 15) is 4.79 Å². The van der Waals surface area contributed by atoms with Gasteiger partial charge in [-0.1, -0.05) is 35.5 Å². The van der Waals surface area contributed by atoms with E-state index < -0.39 is 0 Å². The lowest BCUT2D eigenvalue weighted by atomic mass is 10.0. The van der Waals surface area contributed by atoms with Crippen molar-refractivity contribution < 1.29 is 4.79 Å². The fraction of sp³-hybridized carbons (Fsp3) is 0.350. The number of carbonyl (C=O) groups is 1. The minimum atomic E-state index is 0.0968. The molecule has 3 aromatic rings. The van der Waals surface area contributed by atoms with Gasteiger partial charge in [0.2, 0.25) is 0 Å². The van der Waals surface area contributed by atoms with E-state index in [0.29, 0.717) is 6.54 Å². The number of aromatic nitrogens is 4. The highest BCUT2D eigenvalue weighted by atomic mass is 16.2. The second-order valence-corrected chi connectivity index (χ2v) is 6.80. The molecule has 1 amide bonds. The predicted octanol–water partition coefficient (Wildman–Crippen LogP) is 2.98. The fourth-order valence-electron chi connectivity index (χ4n) is 3.78. The summed E-state index contributed by atoms with van der Waals surface area (Å²) in [7, 11) is 1.96. The molecule has 3 heterocycles. The van der Waals surface area contributed by atoms with Gasteiger partial charge < -0.3 is 9.47 Å². The Hall–Kier alpha value is -2.89. The Balaban J connectivity index is 1.59. The van der Waals surface area contributed by atoms with E-state index in [-0.39, 0.29) is 11.9 Å². The minimum Gasteiger partial charge on any atom is -0.340 e. The molecule has 1 aromatic carbocycles. The van der Waals surface area contributed by atoms with Crippen molar-refractivity contribution >= 4 is 5.91 Å². The number of piperidine rings is 1. The molecule has 4 rings (SSSR count). The zero-order valence-corrected chi connectivity index (χ0v) is 15.0. The van der Waals surface area contributed by atoms with Gasteiger partial charge in [0.15, 0.2) is 0 Å². The van der Waals surface area contributed by atoms with Crippen LogP contribution in [0.1, 0.15) is 29.8 Å². The first kappa shape index (κ1) is 16.6. The molecule has 0 radical (unpaired) electrons. The number of benzene rings is 1. The summed E-state index contributed by atoms with van der Waals surface area (Å²) in [6.07, 6.45) is 6.73. The third-order valence-electron chi connectivity index (χ3n) is 5.17. The molecule has 6 nitrogen and oxygen atoms in total. The Morgan fingerprint density at radius 2 is 2.00 bits per heavy atom. The second-order valence-electron chi connectivity index (χ2n) is 6.80. The van der Waals surface area contributed by atoms with Crippen molar-refractivity contribution in [2.45, 2.75) is 31.8 Å². The van der Waals surface area contributed by atoms with Gasteiger partial charge in [-0.05, 0) is 37.0 Å². The van der Waals surface area contributed by atoms with E-state index in [1.807, 2.05) is 57.7 Å². The van der Waals surface area contributed by atoms with Crippen molar-refractivity contribution in [2.24, 2.45) is 7.05 Å². The third kappa shape index (κ3) is 3.14. The van der Waals surface area contributed by atoms with Crippen LogP contribution < -0.4 is 0 Å². The molecule has 1 aliphatic rings. The first-order valence-corrected chi connectivity index (χ1v) is 9.10. The Morgan fingerprint density at radius 1 is 1.15 bits per heavy atom. The molecule has 1 saturated heterocycles. The number of rotatable bonds is 4. The summed E-state index contributed by atoms with van der Waals surface area (Å²) in [5.74, 6) is 0.0968. The predicted molar refractivity (Wildman–Crippen MR) is 99.5 cm³/mol. The van der Waals surface area contributed by atoms with Gasteiger partial charge >= 0.3 is 0 Å². The molecule has 0 aliphatic carbocycles. The monoisotopic (exact) mass is 349 g/mol. The van der Waals surface area contributed by atoms with Gasteiger partial charge in [-0.25, -0.2) is 0 Å². The lowest BCUT2D eigenvalue weighted by Crippen LogP contribution is -2.46. The molecule has 1 atom stereocenters. The summed E-state index contributed by atoms with van der Waals surface area (Å²) in [6, 6.07) is 14.3. The zero-order chi connectivity index (χ0) is 17.9. The van der Waals surface area contributed by atoms with Gasteiger partial charge in [0.1, 0.15) is 5.69 Å². The van der Waals surface area contributed by atoms with Gasteiger partial charge in [0.05, 0.1) is 18.8 Å². The molecule has 26 heavy (non-hydrogen) atoms.